The van der Waals surface area contributed by atoms with Crippen LogP contribution in [0.25, 0.3) is 17.0 Å². The molecule has 0 aliphatic carbocycles. The van der Waals surface area contributed by atoms with Gasteiger partial charge >= 0.3 is 5.97 Å². The van der Waals surface area contributed by atoms with Gasteiger partial charge in [-0.15, -0.1) is 0 Å². The third-order valence-corrected chi connectivity index (χ3v) is 6.97. The van der Waals surface area contributed by atoms with Crippen molar-refractivity contribution in [3.8, 4) is 5.75 Å². The quantitative estimate of drug-likeness (QED) is 0.309. The summed E-state index contributed by atoms with van der Waals surface area (Å²) in [6, 6.07) is 14.6. The summed E-state index contributed by atoms with van der Waals surface area (Å²) >= 11 is 1.30. The van der Waals surface area contributed by atoms with Crippen molar-refractivity contribution in [3.63, 3.8) is 0 Å². The van der Waals surface area contributed by atoms with E-state index < -0.39 is 12.0 Å². The van der Waals surface area contributed by atoms with Gasteiger partial charge < -0.3 is 14.5 Å². The number of aromatic amines is 1. The fourth-order valence-electron chi connectivity index (χ4n) is 4.36. The molecule has 0 spiro atoms. The SMILES string of the molecule is C=CCOc1ccc([C@H]2C(C(=O)OCC)=C(C)N=c3sc(=Cc4c[nH]c5ccccc45)c(=O)n32)cc1. The number of allylic oxidation sites excluding steroid dienone is 1. The van der Waals surface area contributed by atoms with Crippen molar-refractivity contribution in [2.24, 2.45) is 4.99 Å². The normalized spacial score (nSPS) is 15.5. The number of hydrogen-bond donors (Lipinski definition) is 1. The van der Waals surface area contributed by atoms with Crippen molar-refractivity contribution in [2.75, 3.05) is 13.2 Å². The van der Waals surface area contributed by atoms with Gasteiger partial charge in [-0.25, -0.2) is 9.79 Å². The van der Waals surface area contributed by atoms with E-state index in [1.54, 1.807) is 24.5 Å². The van der Waals surface area contributed by atoms with Gasteiger partial charge in [0, 0.05) is 22.7 Å². The molecule has 0 radical (unpaired) electrons. The monoisotopic (exact) mass is 499 g/mol. The molecule has 0 saturated heterocycles. The fraction of sp³-hybridized carbons (Fsp3) is 0.179. The van der Waals surface area contributed by atoms with Gasteiger partial charge in [0.05, 0.1) is 28.5 Å². The van der Waals surface area contributed by atoms with E-state index in [2.05, 4.69) is 16.6 Å². The van der Waals surface area contributed by atoms with Crippen molar-refractivity contribution in [2.45, 2.75) is 19.9 Å². The van der Waals surface area contributed by atoms with Crippen LogP contribution in [0.15, 0.2) is 88.4 Å². The Balaban J connectivity index is 1.68. The number of benzene rings is 2. The van der Waals surface area contributed by atoms with E-state index in [1.165, 1.54) is 11.3 Å². The molecule has 0 unspecified atom stereocenters. The number of carbonyl (C=O) groups excluding carboxylic acids is 1. The van der Waals surface area contributed by atoms with Crippen molar-refractivity contribution in [3.05, 3.63) is 109 Å². The predicted octanol–water partition coefficient (Wildman–Crippen LogP) is 3.84. The molecule has 36 heavy (non-hydrogen) atoms. The van der Waals surface area contributed by atoms with Crippen LogP contribution in [0.5, 0.6) is 5.75 Å². The second-order valence-corrected chi connectivity index (χ2v) is 9.27. The fourth-order valence-corrected chi connectivity index (χ4v) is 5.40. The second kappa shape index (κ2) is 9.83. The minimum atomic E-state index is -0.668. The Hall–Kier alpha value is -4.17. The van der Waals surface area contributed by atoms with Crippen LogP contribution in [0.1, 0.15) is 31.0 Å². The summed E-state index contributed by atoms with van der Waals surface area (Å²) in [5.74, 6) is 0.186. The Morgan fingerprint density at radius 3 is 2.75 bits per heavy atom. The molecule has 2 aromatic carbocycles. The van der Waals surface area contributed by atoms with Crippen LogP contribution in [-0.2, 0) is 9.53 Å². The Labute approximate surface area is 211 Å². The Morgan fingerprint density at radius 2 is 2.00 bits per heavy atom. The molecule has 1 aliphatic rings. The Bertz CT molecular complexity index is 1670. The predicted molar refractivity (Wildman–Crippen MR) is 141 cm³/mol. The minimum absolute atomic E-state index is 0.213. The molecule has 5 rings (SSSR count). The molecular weight excluding hydrogens is 474 g/mol. The number of para-hydroxylation sites is 1. The smallest absolute Gasteiger partial charge is 0.338 e. The number of hydrogen-bond acceptors (Lipinski definition) is 6. The number of esters is 1. The van der Waals surface area contributed by atoms with Crippen LogP contribution in [-0.4, -0.2) is 28.7 Å². The topological polar surface area (TPSA) is 85.7 Å². The number of ether oxygens (including phenoxy) is 2. The summed E-state index contributed by atoms with van der Waals surface area (Å²) in [6.45, 7) is 7.81. The standard InChI is InChI=1S/C28H25N3O4S/c1-4-14-35-20-12-10-18(11-13-20)25-24(27(33)34-5-2)17(3)30-28-31(25)26(32)23(36-28)15-19-16-29-22-9-7-6-8-21(19)22/h4,6-13,15-16,25,29H,1,5,14H2,2-3H3/t25-/m0/s1. The summed E-state index contributed by atoms with van der Waals surface area (Å²) < 4.78 is 13.1. The lowest BCUT2D eigenvalue weighted by Gasteiger charge is -2.24. The van der Waals surface area contributed by atoms with Gasteiger partial charge in [0.25, 0.3) is 5.56 Å². The highest BCUT2D eigenvalue weighted by Gasteiger charge is 2.33. The van der Waals surface area contributed by atoms with Gasteiger partial charge in [0.1, 0.15) is 12.4 Å². The Kier molecular flexibility index (Phi) is 6.43. The molecule has 1 aliphatic heterocycles. The van der Waals surface area contributed by atoms with E-state index in [-0.39, 0.29) is 12.2 Å². The van der Waals surface area contributed by atoms with Crippen molar-refractivity contribution in [1.82, 2.24) is 9.55 Å². The maximum Gasteiger partial charge on any atom is 0.338 e. The average molecular weight is 500 g/mol. The van der Waals surface area contributed by atoms with E-state index in [9.17, 15) is 9.59 Å². The summed E-state index contributed by atoms with van der Waals surface area (Å²) in [5.41, 5.74) is 3.34. The lowest BCUT2D eigenvalue weighted by molar-refractivity contribution is -0.139. The van der Waals surface area contributed by atoms with Crippen LogP contribution >= 0.6 is 11.3 Å². The maximum atomic E-state index is 13.8. The first-order valence-corrected chi connectivity index (χ1v) is 12.4. The van der Waals surface area contributed by atoms with Crippen molar-refractivity contribution in [1.29, 1.82) is 0 Å². The number of thiazole rings is 1. The first kappa shape index (κ1) is 23.6. The molecule has 7 nitrogen and oxygen atoms in total. The zero-order valence-corrected chi connectivity index (χ0v) is 20.8. The van der Waals surface area contributed by atoms with Gasteiger partial charge in [-0.3, -0.25) is 9.36 Å². The molecule has 182 valence electrons. The first-order chi connectivity index (χ1) is 17.5. The molecular formula is C28H25N3O4S. The lowest BCUT2D eigenvalue weighted by atomic mass is 9.96. The minimum Gasteiger partial charge on any atom is -0.490 e. The van der Waals surface area contributed by atoms with Crippen LogP contribution < -0.4 is 19.6 Å². The highest BCUT2D eigenvalue weighted by molar-refractivity contribution is 7.07. The van der Waals surface area contributed by atoms with E-state index in [4.69, 9.17) is 9.47 Å². The number of H-pyrrole nitrogens is 1. The van der Waals surface area contributed by atoms with Gasteiger partial charge in [0.2, 0.25) is 0 Å². The van der Waals surface area contributed by atoms with Crippen LogP contribution in [0.4, 0.5) is 0 Å². The van der Waals surface area contributed by atoms with E-state index in [0.29, 0.717) is 33.0 Å². The summed E-state index contributed by atoms with van der Waals surface area (Å²) in [6.07, 6.45) is 5.43. The molecule has 0 saturated carbocycles. The second-order valence-electron chi connectivity index (χ2n) is 8.26. The molecule has 8 heteroatoms. The lowest BCUT2D eigenvalue weighted by Crippen LogP contribution is -2.39. The van der Waals surface area contributed by atoms with E-state index in [0.717, 1.165) is 22.0 Å². The number of nitrogens with zero attached hydrogens (tertiary/aromatic N) is 2. The number of rotatable bonds is 7. The largest absolute Gasteiger partial charge is 0.490 e. The third-order valence-electron chi connectivity index (χ3n) is 5.99. The molecule has 2 aromatic heterocycles. The molecule has 1 atom stereocenters. The summed E-state index contributed by atoms with van der Waals surface area (Å²) in [7, 11) is 0. The van der Waals surface area contributed by atoms with Crippen LogP contribution in [0, 0.1) is 0 Å². The van der Waals surface area contributed by atoms with Crippen LogP contribution in [0.3, 0.4) is 0 Å². The van der Waals surface area contributed by atoms with Gasteiger partial charge in [-0.2, -0.15) is 0 Å². The number of nitrogens with one attached hydrogen (secondary N) is 1. The zero-order valence-electron chi connectivity index (χ0n) is 20.0. The van der Waals surface area contributed by atoms with Gasteiger partial charge in [0.15, 0.2) is 4.80 Å². The summed E-state index contributed by atoms with van der Waals surface area (Å²) in [4.78, 5) is 35.2. The molecule has 3 heterocycles. The maximum absolute atomic E-state index is 13.8. The third kappa shape index (κ3) is 4.20. The molecule has 0 bridgehead atoms. The van der Waals surface area contributed by atoms with E-state index >= 15 is 0 Å². The summed E-state index contributed by atoms with van der Waals surface area (Å²) in [5, 5.41) is 1.03. The van der Waals surface area contributed by atoms with Gasteiger partial charge in [-0.1, -0.05) is 54.3 Å². The van der Waals surface area contributed by atoms with Crippen LogP contribution in [0.2, 0.25) is 0 Å². The highest BCUT2D eigenvalue weighted by atomic mass is 32.1. The van der Waals surface area contributed by atoms with E-state index in [1.807, 2.05) is 60.8 Å². The molecule has 1 N–H and O–H groups in total. The molecule has 4 aromatic rings. The zero-order chi connectivity index (χ0) is 25.2. The first-order valence-electron chi connectivity index (χ1n) is 11.6. The average Bonchev–Trinajstić information content (AvgIpc) is 3.43. The van der Waals surface area contributed by atoms with Crippen molar-refractivity contribution >= 4 is 34.3 Å². The molecule has 0 fully saturated rings. The number of fused-ring (bicyclic) bond motifs is 2. The number of carbonyl (C=O) groups is 1. The van der Waals surface area contributed by atoms with Gasteiger partial charge in [-0.05, 0) is 43.7 Å². The highest BCUT2D eigenvalue weighted by Crippen LogP contribution is 2.31. The number of aromatic nitrogens is 2. The van der Waals surface area contributed by atoms with Crippen molar-refractivity contribution < 1.29 is 14.3 Å². The molecule has 0 amide bonds. The Morgan fingerprint density at radius 1 is 1.22 bits per heavy atom.